The first-order valence-corrected chi connectivity index (χ1v) is 6.67. The number of hydrogen-bond donors (Lipinski definition) is 1. The van der Waals surface area contributed by atoms with Crippen LogP contribution in [0.3, 0.4) is 0 Å². The van der Waals surface area contributed by atoms with E-state index in [1.165, 1.54) is 23.0 Å². The van der Waals surface area contributed by atoms with E-state index in [1.807, 2.05) is 11.8 Å². The van der Waals surface area contributed by atoms with E-state index in [0.29, 0.717) is 9.88 Å². The SMILES string of the molecule is CC1=CCCN(c2sc([C@H](C)O)cc2[N+](=O)[O-])C1. The van der Waals surface area contributed by atoms with E-state index in [4.69, 9.17) is 0 Å². The molecule has 0 aliphatic carbocycles. The lowest BCUT2D eigenvalue weighted by Crippen LogP contribution is -2.28. The highest BCUT2D eigenvalue weighted by atomic mass is 32.1. The van der Waals surface area contributed by atoms with Gasteiger partial charge in [-0.1, -0.05) is 11.6 Å². The fourth-order valence-corrected chi connectivity index (χ4v) is 3.13. The van der Waals surface area contributed by atoms with Gasteiger partial charge >= 0.3 is 5.69 Å². The predicted molar refractivity (Wildman–Crippen MR) is 72.2 cm³/mol. The topological polar surface area (TPSA) is 66.6 Å². The van der Waals surface area contributed by atoms with Crippen molar-refractivity contribution in [2.45, 2.75) is 26.4 Å². The molecule has 2 rings (SSSR count). The Morgan fingerprint density at radius 2 is 2.33 bits per heavy atom. The van der Waals surface area contributed by atoms with Gasteiger partial charge in [-0.3, -0.25) is 10.1 Å². The summed E-state index contributed by atoms with van der Waals surface area (Å²) in [6.45, 7) is 5.17. The Morgan fingerprint density at radius 3 is 2.89 bits per heavy atom. The van der Waals surface area contributed by atoms with Crippen LogP contribution >= 0.6 is 11.3 Å². The van der Waals surface area contributed by atoms with Crippen molar-refractivity contribution in [2.24, 2.45) is 0 Å². The maximum absolute atomic E-state index is 11.1. The number of nitro groups is 1. The van der Waals surface area contributed by atoms with Crippen LogP contribution in [0.5, 0.6) is 0 Å². The van der Waals surface area contributed by atoms with Gasteiger partial charge in [0.1, 0.15) is 0 Å². The van der Waals surface area contributed by atoms with E-state index in [-0.39, 0.29) is 10.6 Å². The third kappa shape index (κ3) is 2.54. The molecule has 2 heterocycles. The summed E-state index contributed by atoms with van der Waals surface area (Å²) in [5.74, 6) is 0. The molecule has 1 atom stereocenters. The van der Waals surface area contributed by atoms with Gasteiger partial charge in [0, 0.05) is 24.0 Å². The summed E-state index contributed by atoms with van der Waals surface area (Å²) >= 11 is 1.31. The molecule has 0 spiro atoms. The van der Waals surface area contributed by atoms with Crippen molar-refractivity contribution >= 4 is 22.0 Å². The quantitative estimate of drug-likeness (QED) is 0.520. The Hall–Kier alpha value is -1.40. The van der Waals surface area contributed by atoms with Gasteiger partial charge in [0.05, 0.1) is 11.0 Å². The van der Waals surface area contributed by atoms with Crippen LogP contribution in [0.2, 0.25) is 0 Å². The lowest BCUT2D eigenvalue weighted by Gasteiger charge is -2.26. The van der Waals surface area contributed by atoms with Gasteiger partial charge in [-0.25, -0.2) is 0 Å². The van der Waals surface area contributed by atoms with E-state index >= 15 is 0 Å². The van der Waals surface area contributed by atoms with Crippen molar-refractivity contribution in [1.29, 1.82) is 0 Å². The van der Waals surface area contributed by atoms with Crippen molar-refractivity contribution in [3.8, 4) is 0 Å². The molecular formula is C12H16N2O3S. The van der Waals surface area contributed by atoms with Gasteiger partial charge in [-0.15, -0.1) is 11.3 Å². The van der Waals surface area contributed by atoms with Gasteiger partial charge in [0.25, 0.3) is 0 Å². The second kappa shape index (κ2) is 5.07. The minimum Gasteiger partial charge on any atom is -0.388 e. The Balaban J connectivity index is 2.36. The number of anilines is 1. The molecule has 0 amide bonds. The minimum absolute atomic E-state index is 0.102. The standard InChI is InChI=1S/C12H16N2O3S/c1-8-4-3-5-13(7-8)12-10(14(16)17)6-11(18-12)9(2)15/h4,6,9,15H,3,5,7H2,1-2H3/t9-/m0/s1. The number of thiophene rings is 1. The molecule has 5 nitrogen and oxygen atoms in total. The van der Waals surface area contributed by atoms with E-state index in [1.54, 1.807) is 6.92 Å². The van der Waals surface area contributed by atoms with Crippen LogP contribution in [0, 0.1) is 10.1 Å². The summed E-state index contributed by atoms with van der Waals surface area (Å²) in [4.78, 5) is 13.4. The largest absolute Gasteiger partial charge is 0.388 e. The second-order valence-electron chi connectivity index (χ2n) is 4.53. The molecule has 0 radical (unpaired) electrons. The Bertz CT molecular complexity index is 494. The lowest BCUT2D eigenvalue weighted by atomic mass is 10.1. The molecule has 0 unspecified atom stereocenters. The molecule has 0 saturated carbocycles. The van der Waals surface area contributed by atoms with E-state index in [0.717, 1.165) is 19.5 Å². The summed E-state index contributed by atoms with van der Waals surface area (Å²) in [6, 6.07) is 1.48. The molecule has 0 bridgehead atoms. The van der Waals surface area contributed by atoms with Crippen molar-refractivity contribution < 1.29 is 10.0 Å². The average Bonchev–Trinajstić information content (AvgIpc) is 2.73. The van der Waals surface area contributed by atoms with Crippen LogP contribution in [-0.4, -0.2) is 23.1 Å². The third-order valence-electron chi connectivity index (χ3n) is 2.94. The minimum atomic E-state index is -0.663. The Morgan fingerprint density at radius 1 is 1.61 bits per heavy atom. The van der Waals surface area contributed by atoms with E-state index < -0.39 is 6.10 Å². The molecule has 1 N–H and O–H groups in total. The highest BCUT2D eigenvalue weighted by molar-refractivity contribution is 7.16. The van der Waals surface area contributed by atoms with Gasteiger partial charge in [0.2, 0.25) is 0 Å². The maximum atomic E-state index is 11.1. The molecule has 1 aliphatic heterocycles. The fraction of sp³-hybridized carbons (Fsp3) is 0.500. The zero-order valence-corrected chi connectivity index (χ0v) is 11.2. The molecule has 0 fully saturated rings. The van der Waals surface area contributed by atoms with Gasteiger partial charge in [-0.05, 0) is 20.3 Å². The molecule has 1 aliphatic rings. The highest BCUT2D eigenvalue weighted by Gasteiger charge is 2.26. The predicted octanol–water partition coefficient (Wildman–Crippen LogP) is 2.87. The molecular weight excluding hydrogens is 252 g/mol. The smallest absolute Gasteiger partial charge is 0.304 e. The summed E-state index contributed by atoms with van der Waals surface area (Å²) < 4.78 is 0. The van der Waals surface area contributed by atoms with Crippen LogP contribution < -0.4 is 4.90 Å². The van der Waals surface area contributed by atoms with Crippen LogP contribution in [0.15, 0.2) is 17.7 Å². The molecule has 1 aromatic heterocycles. The van der Waals surface area contributed by atoms with Gasteiger partial charge in [0.15, 0.2) is 5.00 Å². The summed E-state index contributed by atoms with van der Waals surface area (Å²) in [7, 11) is 0. The van der Waals surface area contributed by atoms with Crippen LogP contribution in [0.1, 0.15) is 31.2 Å². The first-order valence-electron chi connectivity index (χ1n) is 5.86. The second-order valence-corrected chi connectivity index (χ2v) is 5.60. The molecule has 98 valence electrons. The van der Waals surface area contributed by atoms with Crippen molar-refractivity contribution in [2.75, 3.05) is 18.0 Å². The zero-order chi connectivity index (χ0) is 13.3. The number of aliphatic hydroxyl groups is 1. The normalized spacial score (nSPS) is 17.5. The number of nitrogens with zero attached hydrogens (tertiary/aromatic N) is 2. The first kappa shape index (κ1) is 13.0. The van der Waals surface area contributed by atoms with Crippen molar-refractivity contribution in [3.63, 3.8) is 0 Å². The number of rotatable bonds is 3. The van der Waals surface area contributed by atoms with Crippen molar-refractivity contribution in [1.82, 2.24) is 0 Å². The van der Waals surface area contributed by atoms with E-state index in [9.17, 15) is 15.2 Å². The lowest BCUT2D eigenvalue weighted by molar-refractivity contribution is -0.383. The Kier molecular flexibility index (Phi) is 3.68. The molecule has 0 aromatic carbocycles. The maximum Gasteiger partial charge on any atom is 0.304 e. The summed E-state index contributed by atoms with van der Waals surface area (Å²) in [5.41, 5.74) is 1.33. The number of aliphatic hydroxyl groups excluding tert-OH is 1. The van der Waals surface area contributed by atoms with Gasteiger partial charge < -0.3 is 10.0 Å². The van der Waals surface area contributed by atoms with Crippen molar-refractivity contribution in [3.05, 3.63) is 32.7 Å². The molecule has 18 heavy (non-hydrogen) atoms. The monoisotopic (exact) mass is 268 g/mol. The van der Waals surface area contributed by atoms with Crippen LogP contribution in [0.25, 0.3) is 0 Å². The van der Waals surface area contributed by atoms with Crippen LogP contribution in [0.4, 0.5) is 10.7 Å². The average molecular weight is 268 g/mol. The summed E-state index contributed by atoms with van der Waals surface area (Å²) in [5, 5.41) is 21.3. The molecule has 6 heteroatoms. The zero-order valence-electron chi connectivity index (χ0n) is 10.4. The summed E-state index contributed by atoms with van der Waals surface area (Å²) in [6.07, 6.45) is 2.40. The van der Waals surface area contributed by atoms with E-state index in [2.05, 4.69) is 6.08 Å². The first-order chi connectivity index (χ1) is 8.49. The molecule has 0 saturated heterocycles. The van der Waals surface area contributed by atoms with Crippen LogP contribution in [-0.2, 0) is 0 Å². The number of hydrogen-bond acceptors (Lipinski definition) is 5. The highest BCUT2D eigenvalue weighted by Crippen LogP contribution is 2.40. The Labute approximate surface area is 110 Å². The third-order valence-corrected chi connectivity index (χ3v) is 4.30. The fourth-order valence-electron chi connectivity index (χ4n) is 2.04. The van der Waals surface area contributed by atoms with Gasteiger partial charge in [-0.2, -0.15) is 0 Å². The molecule has 1 aromatic rings.